The average Bonchev–Trinajstić information content (AvgIpc) is 2.60. The number of amides is 1. The smallest absolute Gasteiger partial charge is 0.240 e. The highest BCUT2D eigenvalue weighted by atomic mass is 35.5. The number of halogens is 1. The molecular formula is C11H17ClN2OS. The van der Waals surface area contributed by atoms with E-state index >= 15 is 0 Å². The van der Waals surface area contributed by atoms with Crippen LogP contribution in [0.15, 0.2) is 12.1 Å². The molecule has 0 fully saturated rings. The molecule has 0 saturated carbocycles. The molecule has 1 unspecified atom stereocenters. The maximum atomic E-state index is 11.8. The highest BCUT2D eigenvalue weighted by molar-refractivity contribution is 7.16. The third-order valence-electron chi connectivity index (χ3n) is 2.34. The number of hydrogen-bond donors (Lipinski definition) is 2. The van der Waals surface area contributed by atoms with Crippen LogP contribution in [0, 0.1) is 0 Å². The van der Waals surface area contributed by atoms with E-state index in [2.05, 4.69) is 5.32 Å². The Bertz CT molecular complexity index is 363. The molecule has 0 radical (unpaired) electrons. The molecule has 0 aliphatic carbocycles. The molecule has 3 N–H and O–H groups in total. The third kappa shape index (κ3) is 3.77. The lowest BCUT2D eigenvalue weighted by atomic mass is 9.96. The van der Waals surface area contributed by atoms with Gasteiger partial charge in [0.2, 0.25) is 5.91 Å². The molecule has 1 amide bonds. The van der Waals surface area contributed by atoms with Crippen molar-refractivity contribution in [2.75, 3.05) is 0 Å². The van der Waals surface area contributed by atoms with E-state index in [0.717, 1.165) is 15.6 Å². The summed E-state index contributed by atoms with van der Waals surface area (Å²) in [6.45, 7) is 4.26. The van der Waals surface area contributed by atoms with Gasteiger partial charge in [-0.3, -0.25) is 4.79 Å². The second-order valence-electron chi connectivity index (χ2n) is 4.06. The molecule has 0 bridgehead atoms. The van der Waals surface area contributed by atoms with Crippen LogP contribution in [0.2, 0.25) is 4.34 Å². The maximum Gasteiger partial charge on any atom is 0.240 e. The topological polar surface area (TPSA) is 55.1 Å². The zero-order chi connectivity index (χ0) is 12.2. The number of thiophene rings is 1. The lowest BCUT2D eigenvalue weighted by molar-refractivity contribution is -0.126. The summed E-state index contributed by atoms with van der Waals surface area (Å²) in [7, 11) is 0. The molecule has 0 aliphatic rings. The minimum absolute atomic E-state index is 0.112. The van der Waals surface area contributed by atoms with E-state index in [4.69, 9.17) is 17.3 Å². The fourth-order valence-corrected chi connectivity index (χ4v) is 2.48. The molecule has 0 aliphatic heterocycles. The van der Waals surface area contributed by atoms with Crippen LogP contribution in [0.3, 0.4) is 0 Å². The van der Waals surface area contributed by atoms with Crippen LogP contribution in [0.4, 0.5) is 0 Å². The van der Waals surface area contributed by atoms with Gasteiger partial charge in [0.15, 0.2) is 0 Å². The predicted molar refractivity (Wildman–Crippen MR) is 68.7 cm³/mol. The van der Waals surface area contributed by atoms with Crippen LogP contribution in [-0.4, -0.2) is 11.4 Å². The molecule has 5 heteroatoms. The van der Waals surface area contributed by atoms with Crippen molar-refractivity contribution in [3.63, 3.8) is 0 Å². The van der Waals surface area contributed by atoms with Crippen molar-refractivity contribution < 1.29 is 4.79 Å². The van der Waals surface area contributed by atoms with Crippen LogP contribution in [0.1, 0.15) is 31.6 Å². The van der Waals surface area contributed by atoms with E-state index in [9.17, 15) is 4.79 Å². The number of carbonyl (C=O) groups is 1. The zero-order valence-electron chi connectivity index (χ0n) is 9.55. The predicted octanol–water partition coefficient (Wildman–Crippen LogP) is 2.54. The summed E-state index contributed by atoms with van der Waals surface area (Å²) in [5.74, 6) is -0.112. The Morgan fingerprint density at radius 2 is 2.31 bits per heavy atom. The molecule has 90 valence electrons. The van der Waals surface area contributed by atoms with E-state index in [1.165, 1.54) is 11.3 Å². The lowest BCUT2D eigenvalue weighted by Crippen LogP contribution is -2.51. The van der Waals surface area contributed by atoms with Gasteiger partial charge < -0.3 is 11.1 Å². The van der Waals surface area contributed by atoms with Crippen molar-refractivity contribution in [2.45, 2.75) is 38.8 Å². The Hall–Kier alpha value is -0.580. The Morgan fingerprint density at radius 1 is 1.62 bits per heavy atom. The summed E-state index contributed by atoms with van der Waals surface area (Å²) < 4.78 is 0.730. The van der Waals surface area contributed by atoms with Gasteiger partial charge in [-0.2, -0.15) is 0 Å². The molecule has 1 rings (SSSR count). The first-order valence-electron chi connectivity index (χ1n) is 5.27. The van der Waals surface area contributed by atoms with Gasteiger partial charge in [0, 0.05) is 4.88 Å². The zero-order valence-corrected chi connectivity index (χ0v) is 11.1. The minimum Gasteiger partial charge on any atom is -0.350 e. The quantitative estimate of drug-likeness (QED) is 0.855. The van der Waals surface area contributed by atoms with Crippen LogP contribution in [0.5, 0.6) is 0 Å². The molecule has 0 aromatic carbocycles. The highest BCUT2D eigenvalue weighted by Crippen LogP contribution is 2.21. The van der Waals surface area contributed by atoms with Gasteiger partial charge in [-0.15, -0.1) is 11.3 Å². The normalized spacial score (nSPS) is 14.5. The van der Waals surface area contributed by atoms with Gasteiger partial charge >= 0.3 is 0 Å². The molecular weight excluding hydrogens is 244 g/mol. The number of nitrogens with two attached hydrogens (primary N) is 1. The average molecular weight is 261 g/mol. The second-order valence-corrected chi connectivity index (χ2v) is 5.86. The van der Waals surface area contributed by atoms with E-state index in [1.54, 1.807) is 6.92 Å². The van der Waals surface area contributed by atoms with Crippen molar-refractivity contribution in [1.82, 2.24) is 5.32 Å². The van der Waals surface area contributed by atoms with Gasteiger partial charge in [0.1, 0.15) is 0 Å². The monoisotopic (exact) mass is 260 g/mol. The van der Waals surface area contributed by atoms with Gasteiger partial charge in [0.25, 0.3) is 0 Å². The van der Waals surface area contributed by atoms with Crippen molar-refractivity contribution in [3.8, 4) is 0 Å². The maximum absolute atomic E-state index is 11.8. The first-order valence-corrected chi connectivity index (χ1v) is 6.46. The SMILES string of the molecule is CCCC(C)(N)C(=O)NCc1ccc(Cl)s1. The highest BCUT2D eigenvalue weighted by Gasteiger charge is 2.26. The van der Waals surface area contributed by atoms with Crippen molar-refractivity contribution in [1.29, 1.82) is 0 Å². The van der Waals surface area contributed by atoms with Crippen LogP contribution in [-0.2, 0) is 11.3 Å². The third-order valence-corrected chi connectivity index (χ3v) is 3.57. The van der Waals surface area contributed by atoms with Crippen LogP contribution < -0.4 is 11.1 Å². The van der Waals surface area contributed by atoms with E-state index in [-0.39, 0.29) is 5.91 Å². The summed E-state index contributed by atoms with van der Waals surface area (Å²) in [6, 6.07) is 3.72. The standard InChI is InChI=1S/C11H17ClN2OS/c1-3-6-11(2,13)10(15)14-7-8-4-5-9(12)16-8/h4-5H,3,6-7,13H2,1-2H3,(H,14,15). The van der Waals surface area contributed by atoms with Gasteiger partial charge in [-0.1, -0.05) is 24.9 Å². The van der Waals surface area contributed by atoms with Crippen LogP contribution >= 0.6 is 22.9 Å². The van der Waals surface area contributed by atoms with E-state index in [0.29, 0.717) is 13.0 Å². The van der Waals surface area contributed by atoms with Crippen molar-refractivity contribution >= 4 is 28.8 Å². The summed E-state index contributed by atoms with van der Waals surface area (Å²) in [5.41, 5.74) is 5.12. The Balaban J connectivity index is 2.46. The summed E-state index contributed by atoms with van der Waals surface area (Å²) in [6.07, 6.45) is 1.58. The minimum atomic E-state index is -0.782. The molecule has 1 aromatic rings. The molecule has 0 spiro atoms. The van der Waals surface area contributed by atoms with E-state index < -0.39 is 5.54 Å². The molecule has 3 nitrogen and oxygen atoms in total. The van der Waals surface area contributed by atoms with E-state index in [1.807, 2.05) is 19.1 Å². The number of rotatable bonds is 5. The fraction of sp³-hybridized carbons (Fsp3) is 0.545. The number of carbonyl (C=O) groups excluding carboxylic acids is 1. The summed E-state index contributed by atoms with van der Waals surface area (Å²) in [5, 5.41) is 2.83. The second kappa shape index (κ2) is 5.66. The molecule has 1 heterocycles. The van der Waals surface area contributed by atoms with Crippen molar-refractivity contribution in [3.05, 3.63) is 21.3 Å². The largest absolute Gasteiger partial charge is 0.350 e. The molecule has 1 aromatic heterocycles. The molecule has 0 saturated heterocycles. The number of hydrogen-bond acceptors (Lipinski definition) is 3. The summed E-state index contributed by atoms with van der Waals surface area (Å²) >= 11 is 7.26. The van der Waals surface area contributed by atoms with Gasteiger partial charge in [0.05, 0.1) is 16.4 Å². The molecule has 16 heavy (non-hydrogen) atoms. The fourth-order valence-electron chi connectivity index (χ4n) is 1.45. The van der Waals surface area contributed by atoms with Gasteiger partial charge in [-0.25, -0.2) is 0 Å². The summed E-state index contributed by atoms with van der Waals surface area (Å²) in [4.78, 5) is 12.8. The number of nitrogens with one attached hydrogen (secondary N) is 1. The first-order chi connectivity index (χ1) is 7.45. The van der Waals surface area contributed by atoms with Crippen molar-refractivity contribution in [2.24, 2.45) is 5.73 Å². The Labute approximate surface area is 105 Å². The Morgan fingerprint density at radius 3 is 2.81 bits per heavy atom. The van der Waals surface area contributed by atoms with Gasteiger partial charge in [-0.05, 0) is 25.5 Å². The Kier molecular flexibility index (Phi) is 4.77. The molecule has 1 atom stereocenters. The van der Waals surface area contributed by atoms with Crippen LogP contribution in [0.25, 0.3) is 0 Å². The first kappa shape index (κ1) is 13.5. The lowest BCUT2D eigenvalue weighted by Gasteiger charge is -2.22.